The first-order valence-corrected chi connectivity index (χ1v) is 7.61. The minimum absolute atomic E-state index is 0.0966. The number of anilines is 1. The van der Waals surface area contributed by atoms with E-state index in [2.05, 4.69) is 4.98 Å². The van der Waals surface area contributed by atoms with Gasteiger partial charge in [0.25, 0.3) is 0 Å². The van der Waals surface area contributed by atoms with Gasteiger partial charge < -0.3 is 9.64 Å². The Bertz CT molecular complexity index is 489. The van der Waals surface area contributed by atoms with Crippen molar-refractivity contribution in [2.24, 2.45) is 5.14 Å². The van der Waals surface area contributed by atoms with Gasteiger partial charge in [0.1, 0.15) is 0 Å². The number of aromatic nitrogens is 1. The van der Waals surface area contributed by atoms with Crippen LogP contribution in [-0.4, -0.2) is 38.7 Å². The van der Waals surface area contributed by atoms with Gasteiger partial charge in [-0.3, -0.25) is 0 Å². The first-order chi connectivity index (χ1) is 7.86. The Morgan fingerprint density at radius 2 is 2.06 bits per heavy atom. The second kappa shape index (κ2) is 4.52. The predicted octanol–water partition coefficient (Wildman–Crippen LogP) is 0.404. The van der Waals surface area contributed by atoms with Gasteiger partial charge in [0, 0.05) is 13.1 Å². The van der Waals surface area contributed by atoms with Crippen molar-refractivity contribution in [3.05, 3.63) is 6.20 Å². The fraction of sp³-hybridized carbons (Fsp3) is 0.667. The topological polar surface area (TPSA) is 85.5 Å². The molecule has 0 unspecified atom stereocenters. The first-order valence-electron chi connectivity index (χ1n) is 5.25. The largest absolute Gasteiger partial charge is 0.372 e. The van der Waals surface area contributed by atoms with Gasteiger partial charge in [-0.2, -0.15) is 0 Å². The third kappa shape index (κ3) is 2.95. The summed E-state index contributed by atoms with van der Waals surface area (Å²) in [6.45, 7) is 5.39. The maximum absolute atomic E-state index is 11.2. The molecule has 2 atom stereocenters. The van der Waals surface area contributed by atoms with E-state index in [-0.39, 0.29) is 16.4 Å². The maximum Gasteiger partial charge on any atom is 0.249 e. The van der Waals surface area contributed by atoms with Gasteiger partial charge >= 0.3 is 0 Å². The molecule has 8 heteroatoms. The number of sulfonamides is 1. The molecule has 6 nitrogen and oxygen atoms in total. The summed E-state index contributed by atoms with van der Waals surface area (Å²) < 4.78 is 28.0. The van der Waals surface area contributed by atoms with Crippen molar-refractivity contribution < 1.29 is 13.2 Å². The molecule has 96 valence electrons. The number of morpholine rings is 1. The Kier molecular flexibility index (Phi) is 3.39. The highest BCUT2D eigenvalue weighted by molar-refractivity contribution is 7.91. The molecule has 1 saturated heterocycles. The molecular weight excluding hydrogens is 262 g/mol. The van der Waals surface area contributed by atoms with E-state index < -0.39 is 10.0 Å². The van der Waals surface area contributed by atoms with Crippen LogP contribution in [0.4, 0.5) is 5.13 Å². The summed E-state index contributed by atoms with van der Waals surface area (Å²) in [5.74, 6) is 0. The van der Waals surface area contributed by atoms with Gasteiger partial charge in [-0.1, -0.05) is 11.3 Å². The van der Waals surface area contributed by atoms with E-state index in [0.29, 0.717) is 18.2 Å². The third-order valence-corrected chi connectivity index (χ3v) is 4.91. The van der Waals surface area contributed by atoms with Crippen LogP contribution in [0.1, 0.15) is 13.8 Å². The van der Waals surface area contributed by atoms with E-state index in [1.165, 1.54) is 6.20 Å². The van der Waals surface area contributed by atoms with Crippen LogP contribution in [0.3, 0.4) is 0 Å². The number of hydrogen-bond donors (Lipinski definition) is 1. The number of nitrogens with two attached hydrogens (primary N) is 1. The molecule has 2 N–H and O–H groups in total. The fourth-order valence-electron chi connectivity index (χ4n) is 1.86. The zero-order valence-corrected chi connectivity index (χ0v) is 11.3. The number of thiazole rings is 1. The lowest BCUT2D eigenvalue weighted by atomic mass is 10.2. The van der Waals surface area contributed by atoms with Gasteiger partial charge in [0.2, 0.25) is 10.0 Å². The van der Waals surface area contributed by atoms with Gasteiger partial charge in [-0.25, -0.2) is 18.5 Å². The molecular formula is C9H15N3O3S2. The lowest BCUT2D eigenvalue weighted by Crippen LogP contribution is -2.45. The molecule has 0 saturated carbocycles. The van der Waals surface area contributed by atoms with Crippen LogP contribution < -0.4 is 10.0 Å². The van der Waals surface area contributed by atoms with Crippen molar-refractivity contribution in [1.82, 2.24) is 4.98 Å². The minimum Gasteiger partial charge on any atom is -0.372 e. The van der Waals surface area contributed by atoms with E-state index in [1.807, 2.05) is 18.7 Å². The zero-order valence-electron chi connectivity index (χ0n) is 9.66. The lowest BCUT2D eigenvalue weighted by Gasteiger charge is -2.35. The van der Waals surface area contributed by atoms with Gasteiger partial charge in [-0.15, -0.1) is 0 Å². The first kappa shape index (κ1) is 12.7. The average Bonchev–Trinajstić information content (AvgIpc) is 2.63. The second-order valence-electron chi connectivity index (χ2n) is 4.17. The minimum atomic E-state index is -3.65. The van der Waals surface area contributed by atoms with Crippen molar-refractivity contribution >= 4 is 26.5 Å². The molecule has 2 rings (SSSR count). The Morgan fingerprint density at radius 1 is 1.47 bits per heavy atom. The highest BCUT2D eigenvalue weighted by Crippen LogP contribution is 2.27. The standard InChI is InChI=1S/C9H15N3O3S2/c1-6-4-12(5-7(2)15-6)9-11-3-8(16-9)17(10,13)14/h3,6-7H,4-5H2,1-2H3,(H2,10,13,14)/t6-,7+. The third-order valence-electron chi connectivity index (χ3n) is 2.44. The van der Waals surface area contributed by atoms with Crippen LogP contribution >= 0.6 is 11.3 Å². The van der Waals surface area contributed by atoms with E-state index in [1.54, 1.807) is 0 Å². The van der Waals surface area contributed by atoms with Crippen LogP contribution in [0.15, 0.2) is 10.4 Å². The molecule has 0 spiro atoms. The molecule has 0 bridgehead atoms. The summed E-state index contributed by atoms with van der Waals surface area (Å²) in [5, 5.41) is 5.73. The monoisotopic (exact) mass is 277 g/mol. The van der Waals surface area contributed by atoms with Crippen LogP contribution in [0, 0.1) is 0 Å². The highest BCUT2D eigenvalue weighted by atomic mass is 32.2. The van der Waals surface area contributed by atoms with Gasteiger partial charge in [-0.05, 0) is 13.8 Å². The Morgan fingerprint density at radius 3 is 2.53 bits per heavy atom. The second-order valence-corrected chi connectivity index (χ2v) is 6.97. The molecule has 1 aliphatic heterocycles. The van der Waals surface area contributed by atoms with E-state index in [0.717, 1.165) is 11.3 Å². The van der Waals surface area contributed by atoms with Crippen LogP contribution in [0.25, 0.3) is 0 Å². The maximum atomic E-state index is 11.2. The van der Waals surface area contributed by atoms with Gasteiger partial charge in [0.15, 0.2) is 9.34 Å². The summed E-state index contributed by atoms with van der Waals surface area (Å²) in [7, 11) is -3.65. The number of hydrogen-bond acceptors (Lipinski definition) is 6. The lowest BCUT2D eigenvalue weighted by molar-refractivity contribution is -0.00522. The van der Waals surface area contributed by atoms with Crippen molar-refractivity contribution in [3.63, 3.8) is 0 Å². The van der Waals surface area contributed by atoms with E-state index in [4.69, 9.17) is 9.88 Å². The summed E-state index contributed by atoms with van der Waals surface area (Å²) in [6.07, 6.45) is 1.53. The quantitative estimate of drug-likeness (QED) is 0.846. The number of nitrogens with zero attached hydrogens (tertiary/aromatic N) is 2. The van der Waals surface area contributed by atoms with E-state index in [9.17, 15) is 8.42 Å². The molecule has 0 amide bonds. The molecule has 1 aliphatic rings. The Labute approximate surface area is 104 Å². The highest BCUT2D eigenvalue weighted by Gasteiger charge is 2.25. The van der Waals surface area contributed by atoms with E-state index >= 15 is 0 Å². The zero-order chi connectivity index (χ0) is 12.6. The molecule has 2 heterocycles. The van der Waals surface area contributed by atoms with Crippen LogP contribution in [0.2, 0.25) is 0 Å². The summed E-state index contributed by atoms with van der Waals surface area (Å²) in [6, 6.07) is 0. The van der Waals surface area contributed by atoms with Gasteiger partial charge in [0.05, 0.1) is 18.4 Å². The Hall–Kier alpha value is -0.700. The molecule has 1 aromatic rings. The Balaban J connectivity index is 2.20. The SMILES string of the molecule is C[C@@H]1CN(c2ncc(S(N)(=O)=O)s2)C[C@H](C)O1. The summed E-state index contributed by atoms with van der Waals surface area (Å²) in [4.78, 5) is 6.13. The summed E-state index contributed by atoms with van der Waals surface area (Å²) in [5.41, 5.74) is 0. The molecule has 0 aromatic carbocycles. The van der Waals surface area contributed by atoms with Crippen molar-refractivity contribution in [3.8, 4) is 0 Å². The van der Waals surface area contributed by atoms with Crippen LogP contribution in [-0.2, 0) is 14.8 Å². The summed E-state index contributed by atoms with van der Waals surface area (Å²) >= 11 is 1.10. The molecule has 0 radical (unpaired) electrons. The number of ether oxygens (including phenoxy) is 1. The molecule has 17 heavy (non-hydrogen) atoms. The molecule has 0 aliphatic carbocycles. The molecule has 1 fully saturated rings. The fourth-order valence-corrected chi connectivity index (χ4v) is 3.42. The number of rotatable bonds is 2. The van der Waals surface area contributed by atoms with Crippen molar-refractivity contribution in [2.75, 3.05) is 18.0 Å². The normalized spacial score (nSPS) is 26.2. The van der Waals surface area contributed by atoms with Crippen LogP contribution in [0.5, 0.6) is 0 Å². The predicted molar refractivity (Wildman–Crippen MR) is 65.7 cm³/mol. The number of primary sulfonamides is 1. The van der Waals surface area contributed by atoms with Crippen molar-refractivity contribution in [2.45, 2.75) is 30.3 Å². The average molecular weight is 277 g/mol. The smallest absolute Gasteiger partial charge is 0.249 e. The van der Waals surface area contributed by atoms with Crippen molar-refractivity contribution in [1.29, 1.82) is 0 Å². The molecule has 1 aromatic heterocycles.